The molecule has 3 aromatic carbocycles. The second-order valence-corrected chi connectivity index (χ2v) is 8.48. The van der Waals surface area contributed by atoms with E-state index in [1.54, 1.807) is 0 Å². The van der Waals surface area contributed by atoms with Crippen molar-refractivity contribution in [3.8, 4) is 17.0 Å². The first-order valence-electron chi connectivity index (χ1n) is 11.4. The van der Waals surface area contributed by atoms with Gasteiger partial charge in [-0.1, -0.05) is 91.0 Å². The molecule has 1 fully saturated rings. The van der Waals surface area contributed by atoms with Crippen LogP contribution in [0.1, 0.15) is 23.6 Å². The second-order valence-electron chi connectivity index (χ2n) is 8.48. The molecule has 2 atom stereocenters. The van der Waals surface area contributed by atoms with Gasteiger partial charge in [0.05, 0.1) is 11.6 Å². The first kappa shape index (κ1) is 20.5. The van der Waals surface area contributed by atoms with Crippen LogP contribution in [0.25, 0.3) is 11.1 Å². The van der Waals surface area contributed by atoms with Crippen LogP contribution in [0.2, 0.25) is 0 Å². The third kappa shape index (κ3) is 4.76. The van der Waals surface area contributed by atoms with Crippen molar-refractivity contribution in [3.63, 3.8) is 0 Å². The van der Waals surface area contributed by atoms with Crippen molar-refractivity contribution >= 4 is 0 Å². The lowest BCUT2D eigenvalue weighted by atomic mass is 9.93. The van der Waals surface area contributed by atoms with E-state index < -0.39 is 0 Å². The van der Waals surface area contributed by atoms with E-state index in [2.05, 4.69) is 82.9 Å². The highest BCUT2D eigenvalue weighted by Crippen LogP contribution is 2.34. The van der Waals surface area contributed by atoms with E-state index in [9.17, 15) is 0 Å². The van der Waals surface area contributed by atoms with Gasteiger partial charge in [0.25, 0.3) is 0 Å². The Hall–Kier alpha value is -3.37. The third-order valence-corrected chi connectivity index (χ3v) is 6.27. The van der Waals surface area contributed by atoms with Crippen LogP contribution in [0.5, 0.6) is 5.88 Å². The number of benzene rings is 3. The van der Waals surface area contributed by atoms with Crippen LogP contribution >= 0.6 is 0 Å². The van der Waals surface area contributed by atoms with Gasteiger partial charge >= 0.3 is 0 Å². The molecule has 0 amide bonds. The van der Waals surface area contributed by atoms with E-state index in [1.807, 2.05) is 24.3 Å². The SMILES string of the molecule is c1ccc(COc2nn(C(Cc3ccccc3)C3CCNC3)cc2-c2ccccc2)cc1. The quantitative estimate of drug-likeness (QED) is 0.405. The number of nitrogens with zero attached hydrogens (tertiary/aromatic N) is 2. The standard InChI is InChI=1S/C28H29N3O/c1-4-10-22(11-5-1)18-27(25-16-17-29-19-25)31-20-26(24-14-8-3-9-15-24)28(30-31)32-21-23-12-6-2-7-13-23/h1-15,20,25,27,29H,16-19,21H2. The summed E-state index contributed by atoms with van der Waals surface area (Å²) >= 11 is 0. The Morgan fingerprint density at radius 2 is 1.53 bits per heavy atom. The predicted octanol–water partition coefficient (Wildman–Crippen LogP) is 5.52. The Morgan fingerprint density at radius 1 is 0.875 bits per heavy atom. The molecule has 0 aliphatic carbocycles. The van der Waals surface area contributed by atoms with Crippen molar-refractivity contribution in [3.05, 3.63) is 108 Å². The van der Waals surface area contributed by atoms with E-state index in [4.69, 9.17) is 9.84 Å². The minimum absolute atomic E-state index is 0.281. The van der Waals surface area contributed by atoms with Crippen LogP contribution in [-0.4, -0.2) is 22.9 Å². The van der Waals surface area contributed by atoms with Gasteiger partial charge < -0.3 is 10.1 Å². The van der Waals surface area contributed by atoms with Crippen molar-refractivity contribution in [2.75, 3.05) is 13.1 Å². The molecular weight excluding hydrogens is 394 g/mol. The number of nitrogens with one attached hydrogen (secondary N) is 1. The fourth-order valence-corrected chi connectivity index (χ4v) is 4.53. The van der Waals surface area contributed by atoms with Gasteiger partial charge in [-0.3, -0.25) is 4.68 Å². The molecule has 2 heterocycles. The van der Waals surface area contributed by atoms with Crippen LogP contribution in [0.4, 0.5) is 0 Å². The molecule has 4 aromatic rings. The van der Waals surface area contributed by atoms with Gasteiger partial charge in [0.1, 0.15) is 6.61 Å². The molecule has 4 nitrogen and oxygen atoms in total. The normalized spacial score (nSPS) is 16.7. The second kappa shape index (κ2) is 9.84. The summed E-state index contributed by atoms with van der Waals surface area (Å²) in [4.78, 5) is 0. The fourth-order valence-electron chi connectivity index (χ4n) is 4.53. The zero-order valence-electron chi connectivity index (χ0n) is 18.2. The van der Waals surface area contributed by atoms with E-state index >= 15 is 0 Å². The monoisotopic (exact) mass is 423 g/mol. The number of aromatic nitrogens is 2. The Balaban J connectivity index is 1.49. The van der Waals surface area contributed by atoms with Gasteiger partial charge in [-0.15, -0.1) is 5.10 Å². The Morgan fingerprint density at radius 3 is 2.19 bits per heavy atom. The largest absolute Gasteiger partial charge is 0.471 e. The van der Waals surface area contributed by atoms with Gasteiger partial charge in [0, 0.05) is 12.7 Å². The molecule has 32 heavy (non-hydrogen) atoms. The molecule has 0 spiro atoms. The molecule has 1 N–H and O–H groups in total. The van der Waals surface area contributed by atoms with E-state index in [0.29, 0.717) is 18.4 Å². The third-order valence-electron chi connectivity index (χ3n) is 6.27. The fraction of sp³-hybridized carbons (Fsp3) is 0.250. The van der Waals surface area contributed by atoms with Crippen molar-refractivity contribution in [1.29, 1.82) is 0 Å². The highest BCUT2D eigenvalue weighted by atomic mass is 16.5. The molecule has 4 heteroatoms. The van der Waals surface area contributed by atoms with Gasteiger partial charge in [-0.2, -0.15) is 0 Å². The van der Waals surface area contributed by atoms with Gasteiger partial charge in [-0.05, 0) is 42.0 Å². The minimum atomic E-state index is 0.281. The van der Waals surface area contributed by atoms with Crippen LogP contribution in [-0.2, 0) is 13.0 Å². The lowest BCUT2D eigenvalue weighted by Crippen LogP contribution is -2.24. The first-order chi connectivity index (χ1) is 15.9. The maximum atomic E-state index is 6.27. The highest BCUT2D eigenvalue weighted by molar-refractivity contribution is 5.67. The van der Waals surface area contributed by atoms with Crippen LogP contribution < -0.4 is 10.1 Å². The summed E-state index contributed by atoms with van der Waals surface area (Å²) in [7, 11) is 0. The van der Waals surface area contributed by atoms with E-state index in [0.717, 1.165) is 42.6 Å². The van der Waals surface area contributed by atoms with Crippen LogP contribution in [0.15, 0.2) is 97.2 Å². The first-order valence-corrected chi connectivity index (χ1v) is 11.4. The molecular formula is C28H29N3O. The summed E-state index contributed by atoms with van der Waals surface area (Å²) in [5, 5.41) is 8.55. The summed E-state index contributed by atoms with van der Waals surface area (Å²) in [6, 6.07) is 31.7. The van der Waals surface area contributed by atoms with Crippen molar-refractivity contribution in [1.82, 2.24) is 15.1 Å². The Labute approximate surface area is 189 Å². The van der Waals surface area contributed by atoms with Gasteiger partial charge in [0.2, 0.25) is 5.88 Å². The molecule has 5 rings (SSSR count). The van der Waals surface area contributed by atoms with E-state index in [1.165, 1.54) is 5.56 Å². The summed E-state index contributed by atoms with van der Waals surface area (Å²) in [6.07, 6.45) is 4.31. The zero-order valence-corrected chi connectivity index (χ0v) is 18.2. The van der Waals surface area contributed by atoms with Crippen molar-refractivity contribution in [2.45, 2.75) is 25.5 Å². The van der Waals surface area contributed by atoms with Crippen molar-refractivity contribution < 1.29 is 4.74 Å². The molecule has 1 aromatic heterocycles. The van der Waals surface area contributed by atoms with Crippen LogP contribution in [0, 0.1) is 5.92 Å². The number of hydrogen-bond acceptors (Lipinski definition) is 3. The summed E-state index contributed by atoms with van der Waals surface area (Å²) in [6.45, 7) is 2.60. The zero-order chi connectivity index (χ0) is 21.6. The summed E-state index contributed by atoms with van der Waals surface area (Å²) < 4.78 is 8.43. The van der Waals surface area contributed by atoms with Crippen LogP contribution in [0.3, 0.4) is 0 Å². The van der Waals surface area contributed by atoms with Gasteiger partial charge in [0.15, 0.2) is 0 Å². The van der Waals surface area contributed by atoms with E-state index in [-0.39, 0.29) is 6.04 Å². The average Bonchev–Trinajstić information content (AvgIpc) is 3.54. The predicted molar refractivity (Wildman–Crippen MR) is 129 cm³/mol. The smallest absolute Gasteiger partial charge is 0.241 e. The summed E-state index contributed by atoms with van der Waals surface area (Å²) in [5.41, 5.74) is 4.66. The number of rotatable bonds is 8. The average molecular weight is 424 g/mol. The molecule has 1 aliphatic heterocycles. The van der Waals surface area contributed by atoms with Crippen molar-refractivity contribution in [2.24, 2.45) is 5.92 Å². The molecule has 1 saturated heterocycles. The number of ether oxygens (including phenoxy) is 1. The Kier molecular flexibility index (Phi) is 6.31. The minimum Gasteiger partial charge on any atom is -0.471 e. The molecule has 1 aliphatic rings. The maximum absolute atomic E-state index is 6.27. The molecule has 162 valence electrons. The van der Waals surface area contributed by atoms with Gasteiger partial charge in [-0.25, -0.2) is 0 Å². The lowest BCUT2D eigenvalue weighted by Gasteiger charge is -2.23. The maximum Gasteiger partial charge on any atom is 0.241 e. The Bertz CT molecular complexity index is 1100. The molecule has 0 bridgehead atoms. The molecule has 0 radical (unpaired) electrons. The lowest BCUT2D eigenvalue weighted by molar-refractivity contribution is 0.274. The number of hydrogen-bond donors (Lipinski definition) is 1. The molecule has 0 saturated carbocycles. The molecule has 2 unspecified atom stereocenters. The topological polar surface area (TPSA) is 39.1 Å². The summed E-state index contributed by atoms with van der Waals surface area (Å²) in [5.74, 6) is 1.24. The highest BCUT2D eigenvalue weighted by Gasteiger charge is 2.28.